The molecule has 1 heterocycles. The number of ether oxygens (including phenoxy) is 1. The summed E-state index contributed by atoms with van der Waals surface area (Å²) in [6.45, 7) is 4.20. The van der Waals surface area contributed by atoms with Crippen molar-refractivity contribution in [2.24, 2.45) is 0 Å². The molecule has 0 unspecified atom stereocenters. The van der Waals surface area contributed by atoms with Crippen LogP contribution in [-0.2, 0) is 4.79 Å². The molecule has 140 valence electrons. The average molecular weight is 383 g/mol. The topological polar surface area (TPSA) is 80.3 Å². The Kier molecular flexibility index (Phi) is 6.03. The molecule has 2 N–H and O–H groups in total. The number of thiazole rings is 1. The Balaban J connectivity index is 1.72. The highest BCUT2D eigenvalue weighted by atomic mass is 32.1. The molecule has 0 fully saturated rings. The Morgan fingerprint density at radius 1 is 1.15 bits per heavy atom. The number of nitrogens with zero attached hydrogens (tertiary/aromatic N) is 1. The molecule has 0 radical (unpaired) electrons. The lowest BCUT2D eigenvalue weighted by Crippen LogP contribution is -2.11. The van der Waals surface area contributed by atoms with Gasteiger partial charge in [0.2, 0.25) is 5.91 Å². The molecule has 6 nitrogen and oxygen atoms in total. The second-order valence-corrected chi connectivity index (χ2v) is 7.10. The van der Waals surface area contributed by atoms with Crippen molar-refractivity contribution in [3.63, 3.8) is 0 Å². The van der Waals surface area contributed by atoms with Crippen molar-refractivity contribution in [2.75, 3.05) is 17.2 Å². The van der Waals surface area contributed by atoms with Crippen molar-refractivity contribution in [3.8, 4) is 5.75 Å². The molecular weight excluding hydrogens is 362 g/mol. The number of rotatable bonds is 7. The Bertz CT molecular complexity index is 968. The van der Waals surface area contributed by atoms with Crippen molar-refractivity contribution in [1.82, 2.24) is 4.98 Å². The van der Waals surface area contributed by atoms with E-state index in [2.05, 4.69) is 22.5 Å². The van der Waals surface area contributed by atoms with Crippen LogP contribution in [0.25, 0.3) is 10.2 Å². The fourth-order valence-electron chi connectivity index (χ4n) is 2.49. The van der Waals surface area contributed by atoms with E-state index in [1.807, 2.05) is 18.2 Å². The third-order valence-corrected chi connectivity index (χ3v) is 4.73. The Hall–Kier alpha value is -2.93. The standard InChI is InChI=1S/C20H21N3O3S/c1-3-4-10-26-16-7-5-6-14(11-16)19(25)23-20-22-17-9-8-15(21-13(2)24)12-18(17)27-20/h5-9,11-12H,3-4,10H2,1-2H3,(H,21,24)(H,22,23,25). The summed E-state index contributed by atoms with van der Waals surface area (Å²) >= 11 is 1.36. The zero-order valence-electron chi connectivity index (χ0n) is 15.2. The zero-order valence-corrected chi connectivity index (χ0v) is 16.1. The van der Waals surface area contributed by atoms with Crippen LogP contribution >= 0.6 is 11.3 Å². The summed E-state index contributed by atoms with van der Waals surface area (Å²) in [7, 11) is 0. The summed E-state index contributed by atoms with van der Waals surface area (Å²) in [6, 6.07) is 12.5. The number of nitrogens with one attached hydrogen (secondary N) is 2. The van der Waals surface area contributed by atoms with Crippen molar-refractivity contribution >= 4 is 44.2 Å². The Morgan fingerprint density at radius 2 is 2.00 bits per heavy atom. The van der Waals surface area contributed by atoms with Gasteiger partial charge in [0.05, 0.1) is 16.8 Å². The van der Waals surface area contributed by atoms with Gasteiger partial charge in [0.25, 0.3) is 5.91 Å². The van der Waals surface area contributed by atoms with Gasteiger partial charge >= 0.3 is 0 Å². The largest absolute Gasteiger partial charge is 0.494 e. The first-order valence-electron chi connectivity index (χ1n) is 8.77. The lowest BCUT2D eigenvalue weighted by Gasteiger charge is -2.07. The number of fused-ring (bicyclic) bond motifs is 1. The lowest BCUT2D eigenvalue weighted by atomic mass is 10.2. The van der Waals surface area contributed by atoms with Crippen molar-refractivity contribution in [3.05, 3.63) is 48.0 Å². The van der Waals surface area contributed by atoms with Crippen LogP contribution in [0.15, 0.2) is 42.5 Å². The van der Waals surface area contributed by atoms with Gasteiger partial charge in [0, 0.05) is 18.2 Å². The first kappa shape index (κ1) is 18.8. The summed E-state index contributed by atoms with van der Waals surface area (Å²) in [5.74, 6) is 0.311. The number of benzene rings is 2. The third-order valence-electron chi connectivity index (χ3n) is 3.79. The third kappa shape index (κ3) is 5.04. The van der Waals surface area contributed by atoms with Crippen LogP contribution in [-0.4, -0.2) is 23.4 Å². The van der Waals surface area contributed by atoms with Crippen molar-refractivity contribution in [2.45, 2.75) is 26.7 Å². The molecule has 0 saturated carbocycles. The summed E-state index contributed by atoms with van der Waals surface area (Å²) < 4.78 is 6.54. The van der Waals surface area contributed by atoms with Gasteiger partial charge in [-0.1, -0.05) is 30.7 Å². The number of amides is 2. The van der Waals surface area contributed by atoms with Crippen LogP contribution in [0.4, 0.5) is 10.8 Å². The zero-order chi connectivity index (χ0) is 19.2. The molecular formula is C20H21N3O3S. The van der Waals surface area contributed by atoms with Crippen LogP contribution in [0.5, 0.6) is 5.75 Å². The molecule has 27 heavy (non-hydrogen) atoms. The van der Waals surface area contributed by atoms with Gasteiger partial charge in [0.1, 0.15) is 5.75 Å². The smallest absolute Gasteiger partial charge is 0.257 e. The number of hydrogen-bond donors (Lipinski definition) is 2. The van der Waals surface area contributed by atoms with Gasteiger partial charge in [-0.3, -0.25) is 14.9 Å². The van der Waals surface area contributed by atoms with Gasteiger partial charge in [-0.2, -0.15) is 0 Å². The minimum absolute atomic E-state index is 0.131. The van der Waals surface area contributed by atoms with Gasteiger partial charge in [-0.05, 0) is 42.8 Å². The van der Waals surface area contributed by atoms with E-state index in [0.717, 1.165) is 23.1 Å². The van der Waals surface area contributed by atoms with Gasteiger partial charge in [-0.25, -0.2) is 4.98 Å². The molecule has 0 spiro atoms. The number of carbonyl (C=O) groups excluding carboxylic acids is 2. The molecule has 0 aliphatic carbocycles. The maximum atomic E-state index is 12.5. The fraction of sp³-hybridized carbons (Fsp3) is 0.250. The highest BCUT2D eigenvalue weighted by Crippen LogP contribution is 2.29. The quantitative estimate of drug-likeness (QED) is 0.580. The van der Waals surface area contributed by atoms with E-state index in [-0.39, 0.29) is 11.8 Å². The predicted molar refractivity (Wildman–Crippen MR) is 109 cm³/mol. The maximum Gasteiger partial charge on any atom is 0.257 e. The number of unbranched alkanes of at least 4 members (excludes halogenated alkanes) is 1. The molecule has 0 atom stereocenters. The second kappa shape index (κ2) is 8.64. The molecule has 0 aliphatic rings. The van der Waals surface area contributed by atoms with E-state index >= 15 is 0 Å². The number of hydrogen-bond acceptors (Lipinski definition) is 5. The summed E-state index contributed by atoms with van der Waals surface area (Å²) in [5, 5.41) is 6.07. The Morgan fingerprint density at radius 3 is 2.78 bits per heavy atom. The molecule has 0 saturated heterocycles. The van der Waals surface area contributed by atoms with Crippen LogP contribution in [0.1, 0.15) is 37.0 Å². The molecule has 0 bridgehead atoms. The molecule has 3 rings (SSSR count). The minimum atomic E-state index is -0.239. The van der Waals surface area contributed by atoms with Crippen molar-refractivity contribution in [1.29, 1.82) is 0 Å². The van der Waals surface area contributed by atoms with E-state index in [1.165, 1.54) is 18.3 Å². The molecule has 1 aromatic heterocycles. The first-order chi connectivity index (χ1) is 13.0. The van der Waals surface area contributed by atoms with E-state index in [4.69, 9.17) is 4.74 Å². The van der Waals surface area contributed by atoms with Crippen LogP contribution < -0.4 is 15.4 Å². The van der Waals surface area contributed by atoms with E-state index in [0.29, 0.717) is 28.7 Å². The summed E-state index contributed by atoms with van der Waals surface area (Å²) in [4.78, 5) is 28.1. The SMILES string of the molecule is CCCCOc1cccc(C(=O)Nc2nc3ccc(NC(C)=O)cc3s2)c1. The normalized spacial score (nSPS) is 10.6. The van der Waals surface area contributed by atoms with E-state index in [9.17, 15) is 9.59 Å². The van der Waals surface area contributed by atoms with Crippen LogP contribution in [0.3, 0.4) is 0 Å². The molecule has 2 aromatic carbocycles. The summed E-state index contributed by atoms with van der Waals surface area (Å²) in [6.07, 6.45) is 2.03. The van der Waals surface area contributed by atoms with Crippen LogP contribution in [0.2, 0.25) is 0 Å². The molecule has 3 aromatic rings. The average Bonchev–Trinajstić information content (AvgIpc) is 3.03. The molecule has 2 amide bonds. The predicted octanol–water partition coefficient (Wildman–Crippen LogP) is 4.69. The van der Waals surface area contributed by atoms with Gasteiger partial charge in [0.15, 0.2) is 5.13 Å². The fourth-order valence-corrected chi connectivity index (χ4v) is 3.39. The maximum absolute atomic E-state index is 12.5. The summed E-state index contributed by atoms with van der Waals surface area (Å²) in [5.41, 5.74) is 1.98. The number of carbonyl (C=O) groups is 2. The molecule has 7 heteroatoms. The number of anilines is 2. The highest BCUT2D eigenvalue weighted by Gasteiger charge is 2.11. The lowest BCUT2D eigenvalue weighted by molar-refractivity contribution is -0.114. The van der Waals surface area contributed by atoms with Gasteiger partial charge < -0.3 is 10.1 Å². The minimum Gasteiger partial charge on any atom is -0.494 e. The molecule has 0 aliphatic heterocycles. The van der Waals surface area contributed by atoms with E-state index < -0.39 is 0 Å². The van der Waals surface area contributed by atoms with E-state index in [1.54, 1.807) is 24.3 Å². The highest BCUT2D eigenvalue weighted by molar-refractivity contribution is 7.22. The first-order valence-corrected chi connectivity index (χ1v) is 9.59. The van der Waals surface area contributed by atoms with Gasteiger partial charge in [-0.15, -0.1) is 0 Å². The van der Waals surface area contributed by atoms with Crippen LogP contribution in [0, 0.1) is 0 Å². The second-order valence-electron chi connectivity index (χ2n) is 6.07. The number of aromatic nitrogens is 1. The Labute approximate surface area is 161 Å². The monoisotopic (exact) mass is 383 g/mol. The van der Waals surface area contributed by atoms with Crippen molar-refractivity contribution < 1.29 is 14.3 Å².